The molecule has 1 heterocycles. The van der Waals surface area contributed by atoms with E-state index in [-0.39, 0.29) is 11.6 Å². The molecule has 2 aromatic carbocycles. The van der Waals surface area contributed by atoms with Gasteiger partial charge in [-0.05, 0) is 44.0 Å². The van der Waals surface area contributed by atoms with Crippen molar-refractivity contribution in [2.45, 2.75) is 38.0 Å². The standard InChI is InChI=1S/C21H22ClF3N2O/c1-14-7-6-12-27(14)13-18(15-8-3-2-4-9-15)26-20(28)16-10-5-11-17(19(16)22)21(23,24)25/h2-5,8-11,14,18H,6-7,12-13H2,1H3,(H,26,28). The van der Waals surface area contributed by atoms with E-state index in [0.717, 1.165) is 31.0 Å². The summed E-state index contributed by atoms with van der Waals surface area (Å²) in [5.74, 6) is -0.614. The topological polar surface area (TPSA) is 32.3 Å². The molecule has 1 aliphatic heterocycles. The minimum absolute atomic E-state index is 0.174. The number of halogens is 4. The molecule has 1 saturated heterocycles. The number of hydrogen-bond acceptors (Lipinski definition) is 2. The third-order valence-corrected chi connectivity index (χ3v) is 5.57. The molecule has 150 valence electrons. The number of amides is 1. The second-order valence-electron chi connectivity index (χ2n) is 7.09. The van der Waals surface area contributed by atoms with Gasteiger partial charge in [-0.1, -0.05) is 48.0 Å². The average molecular weight is 411 g/mol. The van der Waals surface area contributed by atoms with E-state index in [4.69, 9.17) is 11.6 Å². The van der Waals surface area contributed by atoms with Gasteiger partial charge in [-0.15, -0.1) is 0 Å². The van der Waals surface area contributed by atoms with Crippen LogP contribution >= 0.6 is 11.6 Å². The number of benzene rings is 2. The number of carbonyl (C=O) groups is 1. The number of carbonyl (C=O) groups excluding carboxylic acids is 1. The number of likely N-dealkylation sites (tertiary alicyclic amines) is 1. The maximum absolute atomic E-state index is 13.1. The van der Waals surface area contributed by atoms with Crippen LogP contribution in [0, 0.1) is 0 Å². The Bertz CT molecular complexity index is 826. The van der Waals surface area contributed by atoms with Crippen molar-refractivity contribution >= 4 is 17.5 Å². The van der Waals surface area contributed by atoms with Crippen LogP contribution in [0.4, 0.5) is 13.2 Å². The third kappa shape index (κ3) is 4.67. The highest BCUT2D eigenvalue weighted by molar-refractivity contribution is 6.34. The lowest BCUT2D eigenvalue weighted by atomic mass is 10.0. The number of nitrogens with one attached hydrogen (secondary N) is 1. The Morgan fingerprint density at radius 3 is 2.54 bits per heavy atom. The summed E-state index contributed by atoms with van der Waals surface area (Å²) in [6, 6.07) is 12.9. The molecule has 1 aliphatic rings. The summed E-state index contributed by atoms with van der Waals surface area (Å²) in [5, 5.41) is 2.31. The third-order valence-electron chi connectivity index (χ3n) is 5.16. The van der Waals surface area contributed by atoms with E-state index in [2.05, 4.69) is 17.1 Å². The van der Waals surface area contributed by atoms with E-state index in [9.17, 15) is 18.0 Å². The number of rotatable bonds is 5. The van der Waals surface area contributed by atoms with E-state index in [1.165, 1.54) is 12.1 Å². The quantitative estimate of drug-likeness (QED) is 0.724. The minimum Gasteiger partial charge on any atom is -0.344 e. The Morgan fingerprint density at radius 2 is 1.93 bits per heavy atom. The van der Waals surface area contributed by atoms with Crippen molar-refractivity contribution in [3.63, 3.8) is 0 Å². The second-order valence-corrected chi connectivity index (χ2v) is 7.47. The number of hydrogen-bond donors (Lipinski definition) is 1. The summed E-state index contributed by atoms with van der Waals surface area (Å²) in [4.78, 5) is 15.1. The first-order chi connectivity index (χ1) is 13.3. The van der Waals surface area contributed by atoms with E-state index < -0.39 is 22.7 Å². The Kier molecular flexibility index (Phi) is 6.30. The number of nitrogens with zero attached hydrogens (tertiary/aromatic N) is 1. The fourth-order valence-electron chi connectivity index (χ4n) is 3.58. The second kappa shape index (κ2) is 8.53. The molecule has 0 aliphatic carbocycles. The van der Waals surface area contributed by atoms with E-state index in [1.807, 2.05) is 30.3 Å². The fraction of sp³-hybridized carbons (Fsp3) is 0.381. The molecule has 28 heavy (non-hydrogen) atoms. The van der Waals surface area contributed by atoms with Gasteiger partial charge in [0.25, 0.3) is 5.91 Å². The molecule has 2 atom stereocenters. The molecule has 3 nitrogen and oxygen atoms in total. The van der Waals surface area contributed by atoms with Gasteiger partial charge in [-0.3, -0.25) is 9.69 Å². The highest BCUT2D eigenvalue weighted by Crippen LogP contribution is 2.36. The lowest BCUT2D eigenvalue weighted by molar-refractivity contribution is -0.137. The molecule has 0 saturated carbocycles. The summed E-state index contributed by atoms with van der Waals surface area (Å²) >= 11 is 5.92. The van der Waals surface area contributed by atoms with Crippen molar-refractivity contribution in [3.8, 4) is 0 Å². The summed E-state index contributed by atoms with van der Waals surface area (Å²) in [6.45, 7) is 3.67. The van der Waals surface area contributed by atoms with Crippen LogP contribution in [0.2, 0.25) is 5.02 Å². The molecule has 3 rings (SSSR count). The summed E-state index contributed by atoms with van der Waals surface area (Å²) in [5.41, 5.74) is -0.281. The van der Waals surface area contributed by atoms with Gasteiger partial charge in [0, 0.05) is 12.6 Å². The van der Waals surface area contributed by atoms with E-state index in [1.54, 1.807) is 0 Å². The predicted octanol–water partition coefficient (Wildman–Crippen LogP) is 5.31. The molecule has 1 fully saturated rings. The van der Waals surface area contributed by atoms with Gasteiger partial charge in [0.05, 0.1) is 22.2 Å². The van der Waals surface area contributed by atoms with Gasteiger partial charge < -0.3 is 5.32 Å². The monoisotopic (exact) mass is 410 g/mol. The van der Waals surface area contributed by atoms with Crippen LogP contribution in [-0.4, -0.2) is 29.9 Å². The van der Waals surface area contributed by atoms with Crippen LogP contribution in [0.3, 0.4) is 0 Å². The van der Waals surface area contributed by atoms with Gasteiger partial charge >= 0.3 is 6.18 Å². The number of alkyl halides is 3. The normalized spacial score (nSPS) is 18.8. The lowest BCUT2D eigenvalue weighted by Crippen LogP contribution is -2.39. The molecule has 0 aromatic heterocycles. The molecule has 0 bridgehead atoms. The zero-order valence-corrected chi connectivity index (χ0v) is 16.2. The first-order valence-corrected chi connectivity index (χ1v) is 9.60. The van der Waals surface area contributed by atoms with Gasteiger partial charge in [-0.2, -0.15) is 13.2 Å². The largest absolute Gasteiger partial charge is 0.417 e. The van der Waals surface area contributed by atoms with Crippen molar-refractivity contribution in [2.24, 2.45) is 0 Å². The first kappa shape index (κ1) is 20.7. The Hall–Kier alpha value is -2.05. The zero-order valence-electron chi connectivity index (χ0n) is 15.5. The summed E-state index contributed by atoms with van der Waals surface area (Å²) in [6.07, 6.45) is -2.43. The van der Waals surface area contributed by atoms with Crippen molar-refractivity contribution in [1.29, 1.82) is 0 Å². The lowest BCUT2D eigenvalue weighted by Gasteiger charge is -2.28. The predicted molar refractivity (Wildman–Crippen MR) is 103 cm³/mol. The minimum atomic E-state index is -4.61. The molecule has 2 unspecified atom stereocenters. The van der Waals surface area contributed by atoms with Crippen LogP contribution in [0.1, 0.15) is 47.3 Å². The van der Waals surface area contributed by atoms with Crippen LogP contribution in [0.5, 0.6) is 0 Å². The van der Waals surface area contributed by atoms with Crippen molar-refractivity contribution in [3.05, 3.63) is 70.2 Å². The zero-order chi connectivity index (χ0) is 20.3. The van der Waals surface area contributed by atoms with Gasteiger partial charge in [-0.25, -0.2) is 0 Å². The van der Waals surface area contributed by atoms with Crippen molar-refractivity contribution in [1.82, 2.24) is 10.2 Å². The molecular formula is C21H22ClF3N2O. The maximum atomic E-state index is 13.1. The van der Waals surface area contributed by atoms with E-state index >= 15 is 0 Å². The molecule has 0 radical (unpaired) electrons. The van der Waals surface area contributed by atoms with Crippen molar-refractivity contribution in [2.75, 3.05) is 13.1 Å². The van der Waals surface area contributed by atoms with Crippen LogP contribution < -0.4 is 5.32 Å². The smallest absolute Gasteiger partial charge is 0.344 e. The fourth-order valence-corrected chi connectivity index (χ4v) is 3.90. The van der Waals surface area contributed by atoms with Crippen LogP contribution in [0.15, 0.2) is 48.5 Å². The first-order valence-electron chi connectivity index (χ1n) is 9.23. The Labute approximate surface area is 167 Å². The van der Waals surface area contributed by atoms with E-state index in [0.29, 0.717) is 12.6 Å². The molecular weight excluding hydrogens is 389 g/mol. The molecule has 2 aromatic rings. The van der Waals surface area contributed by atoms with Gasteiger partial charge in [0.15, 0.2) is 0 Å². The van der Waals surface area contributed by atoms with Gasteiger partial charge in [0.2, 0.25) is 0 Å². The van der Waals surface area contributed by atoms with Crippen LogP contribution in [0.25, 0.3) is 0 Å². The highest BCUT2D eigenvalue weighted by Gasteiger charge is 2.35. The summed E-state index contributed by atoms with van der Waals surface area (Å²) < 4.78 is 39.3. The highest BCUT2D eigenvalue weighted by atomic mass is 35.5. The van der Waals surface area contributed by atoms with Crippen LogP contribution in [-0.2, 0) is 6.18 Å². The molecule has 0 spiro atoms. The molecule has 1 N–H and O–H groups in total. The van der Waals surface area contributed by atoms with Gasteiger partial charge in [0.1, 0.15) is 0 Å². The average Bonchev–Trinajstić information content (AvgIpc) is 3.05. The SMILES string of the molecule is CC1CCCN1CC(NC(=O)c1cccc(C(F)(F)F)c1Cl)c1ccccc1. The molecule has 1 amide bonds. The maximum Gasteiger partial charge on any atom is 0.417 e. The Balaban J connectivity index is 1.85. The molecule has 7 heteroatoms. The summed E-state index contributed by atoms with van der Waals surface area (Å²) in [7, 11) is 0. The Morgan fingerprint density at radius 1 is 1.21 bits per heavy atom. The van der Waals surface area contributed by atoms with Crippen molar-refractivity contribution < 1.29 is 18.0 Å².